The first-order valence-corrected chi connectivity index (χ1v) is 5.30. The molecule has 2 N–H and O–H groups in total. The molecule has 0 aliphatic rings. The van der Waals surface area contributed by atoms with Crippen LogP contribution in [0.4, 0.5) is 0 Å². The van der Waals surface area contributed by atoms with Crippen LogP contribution < -0.4 is 5.32 Å². The van der Waals surface area contributed by atoms with E-state index in [0.29, 0.717) is 0 Å². The Hall–Kier alpha value is -0.610. The van der Waals surface area contributed by atoms with Gasteiger partial charge in [0, 0.05) is 0 Å². The molecule has 0 radical (unpaired) electrons. The van der Waals surface area contributed by atoms with E-state index in [1.807, 2.05) is 0 Å². The Morgan fingerprint density at radius 3 is 2.43 bits per heavy atom. The standard InChI is InChI=1S/C10H22N2O2/c1-4-12(5-2)8-6-7-11-9(3)10(13)14/h9,11H,4-8H2,1-3H3,(H,13,14). The molecule has 0 aromatic heterocycles. The molecule has 0 spiro atoms. The summed E-state index contributed by atoms with van der Waals surface area (Å²) in [5.74, 6) is -0.784. The highest BCUT2D eigenvalue weighted by molar-refractivity contribution is 5.72. The fraction of sp³-hybridized carbons (Fsp3) is 0.900. The third-order valence-corrected chi connectivity index (χ3v) is 2.37. The van der Waals surface area contributed by atoms with E-state index in [1.165, 1.54) is 0 Å². The third-order valence-electron chi connectivity index (χ3n) is 2.37. The molecule has 0 saturated carbocycles. The molecular formula is C10H22N2O2. The van der Waals surface area contributed by atoms with Gasteiger partial charge in [0.05, 0.1) is 0 Å². The van der Waals surface area contributed by atoms with Gasteiger partial charge >= 0.3 is 5.97 Å². The van der Waals surface area contributed by atoms with Gasteiger partial charge in [0.25, 0.3) is 0 Å². The van der Waals surface area contributed by atoms with Gasteiger partial charge in [-0.1, -0.05) is 13.8 Å². The molecule has 1 unspecified atom stereocenters. The average Bonchev–Trinajstić information content (AvgIpc) is 2.17. The van der Waals surface area contributed by atoms with Crippen LogP contribution in [0, 0.1) is 0 Å². The number of hydrogen-bond donors (Lipinski definition) is 2. The number of rotatable bonds is 8. The van der Waals surface area contributed by atoms with Crippen LogP contribution in [0.15, 0.2) is 0 Å². The lowest BCUT2D eigenvalue weighted by molar-refractivity contribution is -0.138. The Morgan fingerprint density at radius 1 is 1.43 bits per heavy atom. The minimum atomic E-state index is -0.784. The second-order valence-electron chi connectivity index (χ2n) is 3.39. The molecule has 0 amide bonds. The second kappa shape index (κ2) is 7.76. The van der Waals surface area contributed by atoms with Crippen LogP contribution >= 0.6 is 0 Å². The zero-order valence-electron chi connectivity index (χ0n) is 9.42. The van der Waals surface area contributed by atoms with Crippen molar-refractivity contribution in [2.45, 2.75) is 33.2 Å². The summed E-state index contributed by atoms with van der Waals surface area (Å²) in [6, 6.07) is -0.438. The highest BCUT2D eigenvalue weighted by Crippen LogP contribution is 1.90. The molecule has 0 rings (SSSR count). The van der Waals surface area contributed by atoms with Gasteiger partial charge in [-0.25, -0.2) is 0 Å². The number of nitrogens with zero attached hydrogens (tertiary/aromatic N) is 1. The number of carboxylic acids is 1. The molecule has 0 aliphatic heterocycles. The quantitative estimate of drug-likeness (QED) is 0.571. The van der Waals surface area contributed by atoms with Crippen LogP contribution in [-0.2, 0) is 4.79 Å². The minimum Gasteiger partial charge on any atom is -0.480 e. The van der Waals surface area contributed by atoms with E-state index in [2.05, 4.69) is 24.1 Å². The first-order valence-electron chi connectivity index (χ1n) is 5.30. The fourth-order valence-corrected chi connectivity index (χ4v) is 1.25. The predicted octanol–water partition coefficient (Wildman–Crippen LogP) is 0.781. The van der Waals surface area contributed by atoms with Gasteiger partial charge in [-0.15, -0.1) is 0 Å². The Labute approximate surface area is 86.3 Å². The zero-order chi connectivity index (χ0) is 11.0. The maximum Gasteiger partial charge on any atom is 0.320 e. The van der Waals surface area contributed by atoms with Crippen molar-refractivity contribution >= 4 is 5.97 Å². The molecule has 84 valence electrons. The molecule has 0 saturated heterocycles. The van der Waals surface area contributed by atoms with Gasteiger partial charge in [-0.3, -0.25) is 4.79 Å². The second-order valence-corrected chi connectivity index (χ2v) is 3.39. The van der Waals surface area contributed by atoms with Crippen molar-refractivity contribution in [3.8, 4) is 0 Å². The Kier molecular flexibility index (Phi) is 7.42. The molecule has 0 fully saturated rings. The van der Waals surface area contributed by atoms with E-state index in [1.54, 1.807) is 6.92 Å². The van der Waals surface area contributed by atoms with E-state index < -0.39 is 12.0 Å². The largest absolute Gasteiger partial charge is 0.480 e. The first-order chi connectivity index (χ1) is 6.61. The van der Waals surface area contributed by atoms with Crippen molar-refractivity contribution in [1.29, 1.82) is 0 Å². The molecule has 0 bridgehead atoms. The summed E-state index contributed by atoms with van der Waals surface area (Å²) in [7, 11) is 0. The van der Waals surface area contributed by atoms with Crippen molar-refractivity contribution in [3.05, 3.63) is 0 Å². The molecular weight excluding hydrogens is 180 g/mol. The molecule has 0 aliphatic carbocycles. The number of aliphatic carboxylic acids is 1. The minimum absolute atomic E-state index is 0.438. The zero-order valence-corrected chi connectivity index (χ0v) is 9.42. The fourth-order valence-electron chi connectivity index (χ4n) is 1.25. The smallest absolute Gasteiger partial charge is 0.320 e. The maximum absolute atomic E-state index is 10.5. The highest BCUT2D eigenvalue weighted by Gasteiger charge is 2.08. The van der Waals surface area contributed by atoms with Crippen LogP contribution in [0.3, 0.4) is 0 Å². The molecule has 4 heteroatoms. The molecule has 0 heterocycles. The van der Waals surface area contributed by atoms with Crippen molar-refractivity contribution in [2.24, 2.45) is 0 Å². The molecule has 0 aromatic rings. The van der Waals surface area contributed by atoms with Gasteiger partial charge in [0.15, 0.2) is 0 Å². The molecule has 14 heavy (non-hydrogen) atoms. The summed E-state index contributed by atoms with van der Waals surface area (Å²) in [5, 5.41) is 11.6. The van der Waals surface area contributed by atoms with Crippen LogP contribution in [0.1, 0.15) is 27.2 Å². The average molecular weight is 202 g/mol. The molecule has 4 nitrogen and oxygen atoms in total. The first kappa shape index (κ1) is 13.4. The normalized spacial score (nSPS) is 13.1. The lowest BCUT2D eigenvalue weighted by Crippen LogP contribution is -2.36. The molecule has 0 aromatic carbocycles. The van der Waals surface area contributed by atoms with Crippen molar-refractivity contribution < 1.29 is 9.90 Å². The Morgan fingerprint density at radius 2 is 2.00 bits per heavy atom. The molecule has 1 atom stereocenters. The van der Waals surface area contributed by atoms with Gasteiger partial charge in [-0.2, -0.15) is 0 Å². The monoisotopic (exact) mass is 202 g/mol. The van der Waals surface area contributed by atoms with Gasteiger partial charge in [0.1, 0.15) is 6.04 Å². The van der Waals surface area contributed by atoms with E-state index in [-0.39, 0.29) is 0 Å². The summed E-state index contributed by atoms with van der Waals surface area (Å²) in [6.07, 6.45) is 0.999. The predicted molar refractivity (Wildman–Crippen MR) is 57.5 cm³/mol. The van der Waals surface area contributed by atoms with Gasteiger partial charge in [0.2, 0.25) is 0 Å². The summed E-state index contributed by atoms with van der Waals surface area (Å²) in [6.45, 7) is 9.86. The lowest BCUT2D eigenvalue weighted by Gasteiger charge is -2.18. The maximum atomic E-state index is 10.5. The Bertz CT molecular complexity index is 158. The Balaban J connectivity index is 3.41. The topological polar surface area (TPSA) is 52.6 Å². The summed E-state index contributed by atoms with van der Waals surface area (Å²) in [4.78, 5) is 12.8. The van der Waals surface area contributed by atoms with E-state index in [0.717, 1.165) is 32.6 Å². The van der Waals surface area contributed by atoms with Crippen LogP contribution in [-0.4, -0.2) is 48.2 Å². The van der Waals surface area contributed by atoms with E-state index in [9.17, 15) is 4.79 Å². The highest BCUT2D eigenvalue weighted by atomic mass is 16.4. The lowest BCUT2D eigenvalue weighted by atomic mass is 10.3. The SMILES string of the molecule is CCN(CC)CCCNC(C)C(=O)O. The van der Waals surface area contributed by atoms with Gasteiger partial charge < -0.3 is 15.3 Å². The van der Waals surface area contributed by atoms with Crippen LogP contribution in [0.25, 0.3) is 0 Å². The van der Waals surface area contributed by atoms with E-state index >= 15 is 0 Å². The van der Waals surface area contributed by atoms with Crippen LogP contribution in [0.5, 0.6) is 0 Å². The number of nitrogens with one attached hydrogen (secondary N) is 1. The number of hydrogen-bond acceptors (Lipinski definition) is 3. The van der Waals surface area contributed by atoms with Crippen molar-refractivity contribution in [3.63, 3.8) is 0 Å². The van der Waals surface area contributed by atoms with Gasteiger partial charge in [-0.05, 0) is 39.5 Å². The van der Waals surface area contributed by atoms with Crippen molar-refractivity contribution in [1.82, 2.24) is 10.2 Å². The summed E-state index contributed by atoms with van der Waals surface area (Å²) < 4.78 is 0. The number of carbonyl (C=O) groups is 1. The van der Waals surface area contributed by atoms with Crippen LogP contribution in [0.2, 0.25) is 0 Å². The number of carboxylic acid groups (broad SMARTS) is 1. The summed E-state index contributed by atoms with van der Waals surface area (Å²) >= 11 is 0. The van der Waals surface area contributed by atoms with Crippen molar-refractivity contribution in [2.75, 3.05) is 26.2 Å². The van der Waals surface area contributed by atoms with E-state index in [4.69, 9.17) is 5.11 Å². The third kappa shape index (κ3) is 5.94. The summed E-state index contributed by atoms with van der Waals surface area (Å²) in [5.41, 5.74) is 0.